The molecule has 0 amide bonds. The van der Waals surface area contributed by atoms with Crippen molar-refractivity contribution in [2.75, 3.05) is 0 Å². The molecule has 0 saturated heterocycles. The molecule has 1 aromatic rings. The molecule has 0 aliphatic rings. The summed E-state index contributed by atoms with van der Waals surface area (Å²) < 4.78 is 0. The predicted molar refractivity (Wildman–Crippen MR) is 57.3 cm³/mol. The van der Waals surface area contributed by atoms with Crippen molar-refractivity contribution in [3.8, 4) is 0 Å². The van der Waals surface area contributed by atoms with Crippen LogP contribution in [-0.4, -0.2) is 0 Å². The Balaban J connectivity index is -0.0000000257. The van der Waals surface area contributed by atoms with Crippen molar-refractivity contribution < 1.29 is 32.7 Å². The molecule has 0 fully saturated rings. The molecule has 1 radical (unpaired) electrons. The van der Waals surface area contributed by atoms with Gasteiger partial charge in [0.2, 0.25) is 0 Å². The summed E-state index contributed by atoms with van der Waals surface area (Å²) in [6.07, 6.45) is 0. The molecule has 71 valence electrons. The molecule has 0 aliphatic heterocycles. The van der Waals surface area contributed by atoms with Crippen LogP contribution in [0.15, 0.2) is 36.4 Å². The Labute approximate surface area is 105 Å². The van der Waals surface area contributed by atoms with E-state index in [0.717, 1.165) is 0 Å². The largest absolute Gasteiger partial charge is 0.358 e. The first-order valence-corrected chi connectivity index (χ1v) is 3.00. The molecule has 0 atom stereocenters. The van der Waals surface area contributed by atoms with E-state index < -0.39 is 0 Å². The average Bonchev–Trinajstić information content (AvgIpc) is 1.96. The number of hydrogen-bond acceptors (Lipinski definition) is 0. The second-order valence-corrected chi connectivity index (χ2v) is 1.15. The van der Waals surface area contributed by atoms with Crippen LogP contribution in [0.3, 0.4) is 0 Å². The van der Waals surface area contributed by atoms with Gasteiger partial charge in [0, 0.05) is 32.7 Å². The summed E-state index contributed by atoms with van der Waals surface area (Å²) in [6, 6.07) is 12.0. The van der Waals surface area contributed by atoms with Gasteiger partial charge >= 0.3 is 0 Å². The SMILES string of the molecule is C.CC.[CH3-].[CH3-].[Y].c1ccccc1. The van der Waals surface area contributed by atoms with Gasteiger partial charge < -0.3 is 14.9 Å². The van der Waals surface area contributed by atoms with Crippen LogP contribution in [0.2, 0.25) is 0 Å². The van der Waals surface area contributed by atoms with Crippen molar-refractivity contribution in [3.63, 3.8) is 0 Å². The van der Waals surface area contributed by atoms with Crippen LogP contribution in [0.4, 0.5) is 0 Å². The van der Waals surface area contributed by atoms with Gasteiger partial charge in [-0.3, -0.25) is 0 Å². The fourth-order valence-electron chi connectivity index (χ4n) is 0.385. The van der Waals surface area contributed by atoms with Crippen molar-refractivity contribution >= 4 is 0 Å². The van der Waals surface area contributed by atoms with Crippen LogP contribution in [0, 0.1) is 14.9 Å². The second-order valence-electron chi connectivity index (χ2n) is 1.15. The zero-order valence-corrected chi connectivity index (χ0v) is 10.9. The molecule has 0 N–H and O–H groups in total. The molecule has 1 aromatic carbocycles. The van der Waals surface area contributed by atoms with Crippen molar-refractivity contribution in [2.24, 2.45) is 0 Å². The number of hydrogen-bond donors (Lipinski definition) is 0. The van der Waals surface area contributed by atoms with Crippen LogP contribution in [0.25, 0.3) is 0 Å². The summed E-state index contributed by atoms with van der Waals surface area (Å²) in [5.74, 6) is 0. The normalized spacial score (nSPS) is 4.50. The molecular formula is C11H22Y-2. The van der Waals surface area contributed by atoms with Crippen molar-refractivity contribution in [3.05, 3.63) is 51.3 Å². The minimum Gasteiger partial charge on any atom is -0.358 e. The molecule has 0 aromatic heterocycles. The Morgan fingerprint density at radius 1 is 0.583 bits per heavy atom. The van der Waals surface area contributed by atoms with Crippen LogP contribution >= 0.6 is 0 Å². The molecule has 12 heavy (non-hydrogen) atoms. The molecule has 0 bridgehead atoms. The summed E-state index contributed by atoms with van der Waals surface area (Å²) in [7, 11) is 0. The van der Waals surface area contributed by atoms with Crippen LogP contribution in [-0.2, 0) is 32.7 Å². The summed E-state index contributed by atoms with van der Waals surface area (Å²) in [6.45, 7) is 4.00. The first kappa shape index (κ1) is 29.5. The maximum atomic E-state index is 2.00. The Morgan fingerprint density at radius 2 is 0.667 bits per heavy atom. The first-order chi connectivity index (χ1) is 4.00. The van der Waals surface area contributed by atoms with Crippen molar-refractivity contribution in [2.45, 2.75) is 21.3 Å². The van der Waals surface area contributed by atoms with Gasteiger partial charge in [0.25, 0.3) is 0 Å². The molecule has 0 nitrogen and oxygen atoms in total. The van der Waals surface area contributed by atoms with E-state index in [1.54, 1.807) is 0 Å². The maximum Gasteiger partial charge on any atom is 0 e. The van der Waals surface area contributed by atoms with Crippen molar-refractivity contribution in [1.82, 2.24) is 0 Å². The van der Waals surface area contributed by atoms with Gasteiger partial charge in [-0.2, -0.15) is 0 Å². The van der Waals surface area contributed by atoms with Crippen molar-refractivity contribution in [1.29, 1.82) is 0 Å². The van der Waals surface area contributed by atoms with Gasteiger partial charge in [-0.1, -0.05) is 57.7 Å². The Kier molecular flexibility index (Phi) is 74.1. The third-order valence-corrected chi connectivity index (χ3v) is 0.667. The molecule has 1 rings (SSSR count). The first-order valence-electron chi connectivity index (χ1n) is 3.00. The molecule has 0 aliphatic carbocycles. The monoisotopic (exact) mass is 243 g/mol. The molecule has 0 heterocycles. The van der Waals surface area contributed by atoms with Gasteiger partial charge in [-0.25, -0.2) is 0 Å². The van der Waals surface area contributed by atoms with Crippen LogP contribution < -0.4 is 0 Å². The van der Waals surface area contributed by atoms with E-state index in [9.17, 15) is 0 Å². The average molecular weight is 243 g/mol. The standard InChI is InChI=1S/C6H6.C2H6.CH4.2CH3.Y/c1-2-4-6-5-3-1;1-2;;;;/h1-6H;1-2H3;1H4;2*1H3;/q;;;2*-1;. The maximum absolute atomic E-state index is 2.00. The summed E-state index contributed by atoms with van der Waals surface area (Å²) in [4.78, 5) is 0. The molecular weight excluding hydrogens is 221 g/mol. The molecule has 0 saturated carbocycles. The smallest absolute Gasteiger partial charge is 0 e. The van der Waals surface area contributed by atoms with Gasteiger partial charge in [0.15, 0.2) is 0 Å². The fraction of sp³-hybridized carbons (Fsp3) is 0.273. The third-order valence-electron chi connectivity index (χ3n) is 0.667. The summed E-state index contributed by atoms with van der Waals surface area (Å²) >= 11 is 0. The molecule has 0 spiro atoms. The zero-order chi connectivity index (χ0) is 6.24. The van der Waals surface area contributed by atoms with E-state index in [4.69, 9.17) is 0 Å². The van der Waals surface area contributed by atoms with Gasteiger partial charge in [0.05, 0.1) is 0 Å². The molecule has 0 unspecified atom stereocenters. The van der Waals surface area contributed by atoms with Gasteiger partial charge in [-0.15, -0.1) is 0 Å². The summed E-state index contributed by atoms with van der Waals surface area (Å²) in [5.41, 5.74) is 0. The van der Waals surface area contributed by atoms with E-state index in [-0.39, 0.29) is 55.0 Å². The second kappa shape index (κ2) is 30.2. The predicted octanol–water partition coefficient (Wildman–Crippen LogP) is 4.25. The Bertz CT molecular complexity index is 76.9. The Hall–Kier alpha value is 0.324. The minimum atomic E-state index is 0. The van der Waals surface area contributed by atoms with Gasteiger partial charge in [0.1, 0.15) is 0 Å². The fourth-order valence-corrected chi connectivity index (χ4v) is 0.385. The van der Waals surface area contributed by atoms with Gasteiger partial charge in [-0.05, 0) is 0 Å². The van der Waals surface area contributed by atoms with E-state index >= 15 is 0 Å². The van der Waals surface area contributed by atoms with Crippen LogP contribution in [0.5, 0.6) is 0 Å². The zero-order valence-electron chi connectivity index (χ0n) is 8.04. The quantitative estimate of drug-likeness (QED) is 0.597. The summed E-state index contributed by atoms with van der Waals surface area (Å²) in [5, 5.41) is 0. The Morgan fingerprint density at radius 3 is 0.750 bits per heavy atom. The number of benzene rings is 1. The molecule has 1 heteroatoms. The van der Waals surface area contributed by atoms with E-state index in [2.05, 4.69) is 0 Å². The van der Waals surface area contributed by atoms with E-state index in [0.29, 0.717) is 0 Å². The topological polar surface area (TPSA) is 0 Å². The van der Waals surface area contributed by atoms with E-state index in [1.165, 1.54) is 0 Å². The van der Waals surface area contributed by atoms with Crippen LogP contribution in [0.1, 0.15) is 21.3 Å². The minimum absolute atomic E-state index is 0. The van der Waals surface area contributed by atoms with E-state index in [1.807, 2.05) is 50.2 Å². The number of rotatable bonds is 0. The third kappa shape index (κ3) is 22.4.